The van der Waals surface area contributed by atoms with Crippen molar-refractivity contribution in [2.24, 2.45) is 11.8 Å². The number of ether oxygens (including phenoxy) is 2. The van der Waals surface area contributed by atoms with Crippen molar-refractivity contribution in [1.29, 1.82) is 0 Å². The highest BCUT2D eigenvalue weighted by atomic mass is 16.6. The summed E-state index contributed by atoms with van der Waals surface area (Å²) in [6.45, 7) is 4.55. The first-order valence-corrected chi connectivity index (χ1v) is 24.1. The highest BCUT2D eigenvalue weighted by Gasteiger charge is 2.35. The number of unbranched alkanes of at least 4 members (excludes halogenated alkanes) is 4. The normalized spacial score (nSPS) is 20.1. The molecule has 62 heavy (non-hydrogen) atoms. The van der Waals surface area contributed by atoms with Crippen LogP contribution in [0.4, 0.5) is 0 Å². The van der Waals surface area contributed by atoms with E-state index in [1.807, 2.05) is 72.8 Å². The van der Waals surface area contributed by atoms with E-state index in [4.69, 9.17) is 9.47 Å². The Morgan fingerprint density at radius 2 is 0.823 bits per heavy atom. The monoisotopic (exact) mass is 826 g/mol. The minimum Gasteiger partial charge on any atom is -0.449 e. The van der Waals surface area contributed by atoms with Crippen LogP contribution in [-0.2, 0) is 9.47 Å². The van der Waals surface area contributed by atoms with Crippen molar-refractivity contribution in [2.75, 3.05) is 0 Å². The van der Waals surface area contributed by atoms with Gasteiger partial charge >= 0.3 is 11.9 Å². The van der Waals surface area contributed by atoms with Gasteiger partial charge in [-0.15, -0.1) is 0 Å². The fraction of sp³-hybridized carbons (Fsp3) is 0.414. The van der Waals surface area contributed by atoms with Gasteiger partial charge in [-0.05, 0) is 132 Å². The van der Waals surface area contributed by atoms with Crippen molar-refractivity contribution in [3.63, 3.8) is 0 Å². The summed E-state index contributed by atoms with van der Waals surface area (Å²) in [7, 11) is 0. The van der Waals surface area contributed by atoms with Crippen molar-refractivity contribution >= 4 is 33.5 Å². The summed E-state index contributed by atoms with van der Waals surface area (Å²) < 4.78 is 13.4. The molecule has 6 aromatic carbocycles. The molecule has 0 radical (unpaired) electrons. The second kappa shape index (κ2) is 21.2. The van der Waals surface area contributed by atoms with Crippen LogP contribution in [0, 0.1) is 11.8 Å². The molecule has 4 heteroatoms. The lowest BCUT2D eigenvalue weighted by Gasteiger charge is -2.30. The summed E-state index contributed by atoms with van der Waals surface area (Å²) in [6.07, 6.45) is 18.6. The number of carbonyl (C=O) groups excluding carboxylic acids is 2. The first kappa shape index (κ1) is 43.4. The maximum Gasteiger partial charge on any atom is 0.338 e. The summed E-state index contributed by atoms with van der Waals surface area (Å²) in [5.74, 6) is 1.84. The van der Waals surface area contributed by atoms with Crippen LogP contribution < -0.4 is 0 Å². The minimum atomic E-state index is -0.946. The average molecular weight is 827 g/mol. The third-order valence-corrected chi connectivity index (χ3v) is 14.4. The van der Waals surface area contributed by atoms with E-state index < -0.39 is 24.1 Å². The highest BCUT2D eigenvalue weighted by Crippen LogP contribution is 2.43. The molecular weight excluding hydrogens is 761 g/mol. The molecule has 0 saturated heterocycles. The predicted octanol–water partition coefficient (Wildman–Crippen LogP) is 16.2. The zero-order valence-electron chi connectivity index (χ0n) is 37.1. The van der Waals surface area contributed by atoms with E-state index in [0.717, 1.165) is 44.5 Å². The van der Waals surface area contributed by atoms with E-state index in [0.29, 0.717) is 23.0 Å². The molecule has 0 aromatic heterocycles. The smallest absolute Gasteiger partial charge is 0.338 e. The molecule has 0 heterocycles. The summed E-state index contributed by atoms with van der Waals surface area (Å²) in [6, 6.07) is 44.5. The molecule has 0 unspecified atom stereocenters. The van der Waals surface area contributed by atoms with Crippen molar-refractivity contribution in [3.8, 4) is 0 Å². The largest absolute Gasteiger partial charge is 0.449 e. The number of carbonyl (C=O) groups is 2. The fourth-order valence-corrected chi connectivity index (χ4v) is 10.7. The predicted molar refractivity (Wildman–Crippen MR) is 255 cm³/mol. The molecule has 2 aliphatic carbocycles. The van der Waals surface area contributed by atoms with Crippen LogP contribution in [0.25, 0.3) is 21.5 Å². The highest BCUT2D eigenvalue weighted by molar-refractivity contribution is 5.93. The third-order valence-electron chi connectivity index (χ3n) is 14.4. The van der Waals surface area contributed by atoms with Gasteiger partial charge in [0.2, 0.25) is 0 Å². The Hall–Kier alpha value is -5.22. The zero-order valence-corrected chi connectivity index (χ0v) is 37.1. The van der Waals surface area contributed by atoms with E-state index in [9.17, 15) is 9.59 Å². The fourth-order valence-electron chi connectivity index (χ4n) is 10.7. The van der Waals surface area contributed by atoms with Crippen LogP contribution in [-0.4, -0.2) is 11.9 Å². The van der Waals surface area contributed by atoms with E-state index in [1.165, 1.54) is 114 Å². The van der Waals surface area contributed by atoms with E-state index >= 15 is 0 Å². The number of rotatable bonds is 17. The first-order valence-electron chi connectivity index (χ1n) is 24.1. The van der Waals surface area contributed by atoms with Crippen LogP contribution in [0.3, 0.4) is 0 Å². The van der Waals surface area contributed by atoms with Gasteiger partial charge in [0.25, 0.3) is 0 Å². The van der Waals surface area contributed by atoms with E-state index in [2.05, 4.69) is 74.5 Å². The van der Waals surface area contributed by atoms with Crippen LogP contribution >= 0.6 is 0 Å². The van der Waals surface area contributed by atoms with Gasteiger partial charge in [-0.25, -0.2) is 9.59 Å². The number of hydrogen-bond acceptors (Lipinski definition) is 4. The molecular formula is C58H66O4. The molecule has 2 fully saturated rings. The average Bonchev–Trinajstić information content (AvgIpc) is 3.33. The Morgan fingerprint density at radius 1 is 0.452 bits per heavy atom. The Morgan fingerprint density at radius 3 is 1.21 bits per heavy atom. The number of benzene rings is 6. The second-order valence-corrected chi connectivity index (χ2v) is 18.5. The first-order chi connectivity index (χ1) is 30.5. The number of esters is 2. The molecule has 2 aliphatic rings. The van der Waals surface area contributed by atoms with Gasteiger partial charge in [-0.2, -0.15) is 0 Å². The van der Waals surface area contributed by atoms with Crippen molar-refractivity contribution in [3.05, 3.63) is 167 Å². The number of fused-ring (bicyclic) bond motifs is 2. The lowest BCUT2D eigenvalue weighted by Crippen LogP contribution is -2.24. The Bertz CT molecular complexity index is 2180. The summed E-state index contributed by atoms with van der Waals surface area (Å²) in [5.41, 5.74) is 5.14. The van der Waals surface area contributed by atoms with Crippen LogP contribution in [0.1, 0.15) is 184 Å². The number of hydrogen-bond donors (Lipinski definition) is 0. The summed E-state index contributed by atoms with van der Waals surface area (Å²) >= 11 is 0. The van der Waals surface area contributed by atoms with Gasteiger partial charge in [0.15, 0.2) is 12.2 Å². The molecule has 0 amide bonds. The maximum absolute atomic E-state index is 14.5. The Kier molecular flexibility index (Phi) is 14.9. The molecule has 4 nitrogen and oxygen atoms in total. The molecule has 0 spiro atoms. The minimum absolute atomic E-state index is 0.445. The molecule has 0 bridgehead atoms. The standard InChI is InChI=1S/C58H66O4/c1-3-5-7-15-41-25-29-43(30-26-41)45-33-37-49(38-34-45)57(59)61-55(53-23-13-19-47-17-9-11-21-51(47)53)56(54-24-14-20-48-18-10-12-22-52(48)54)62-58(60)50-39-35-46(36-40-50)44-31-27-42(28-32-44)16-8-6-4-2/h9-14,17-24,33-44,55-56H,3-8,15-16,25-32H2,1-2H3/t41?,42?,43?,44?,55-,56-/m1/s1. The van der Waals surface area contributed by atoms with Gasteiger partial charge < -0.3 is 9.47 Å². The van der Waals surface area contributed by atoms with Crippen LogP contribution in [0.2, 0.25) is 0 Å². The summed E-state index contributed by atoms with van der Waals surface area (Å²) in [4.78, 5) is 29.0. The molecule has 2 saturated carbocycles. The lowest BCUT2D eigenvalue weighted by atomic mass is 9.77. The van der Waals surface area contributed by atoms with Gasteiger partial charge in [0, 0.05) is 11.1 Å². The molecule has 2 atom stereocenters. The topological polar surface area (TPSA) is 52.6 Å². The zero-order chi connectivity index (χ0) is 42.7. The molecule has 0 N–H and O–H groups in total. The van der Waals surface area contributed by atoms with Crippen LogP contribution in [0.15, 0.2) is 133 Å². The molecule has 8 rings (SSSR count). The molecule has 322 valence electrons. The Balaban J connectivity index is 1.07. The maximum atomic E-state index is 14.5. The molecule has 6 aromatic rings. The third kappa shape index (κ3) is 10.5. The quantitative estimate of drug-likeness (QED) is 0.0679. The SMILES string of the molecule is CCCCCC1CCC(c2ccc(C(=O)O[C@H](c3cccc4ccccc34)[C@H](OC(=O)c3ccc(C4CCC(CCCCC)CC4)cc3)c3cccc4ccccc34)cc2)CC1. The van der Waals surface area contributed by atoms with Gasteiger partial charge in [0.05, 0.1) is 11.1 Å². The second-order valence-electron chi connectivity index (χ2n) is 18.5. The van der Waals surface area contributed by atoms with E-state index in [-0.39, 0.29) is 0 Å². The van der Waals surface area contributed by atoms with Gasteiger partial charge in [0.1, 0.15) is 0 Å². The van der Waals surface area contributed by atoms with Crippen molar-refractivity contribution in [1.82, 2.24) is 0 Å². The van der Waals surface area contributed by atoms with E-state index in [1.54, 1.807) is 0 Å². The van der Waals surface area contributed by atoms with Gasteiger partial charge in [-0.1, -0.05) is 174 Å². The summed E-state index contributed by atoms with van der Waals surface area (Å²) in [5, 5.41) is 3.92. The Labute approximate surface area is 370 Å². The van der Waals surface area contributed by atoms with Crippen molar-refractivity contribution < 1.29 is 19.1 Å². The lowest BCUT2D eigenvalue weighted by molar-refractivity contribution is -0.0379. The van der Waals surface area contributed by atoms with Crippen molar-refractivity contribution in [2.45, 2.75) is 141 Å². The molecule has 0 aliphatic heterocycles. The van der Waals surface area contributed by atoms with Gasteiger partial charge in [-0.3, -0.25) is 0 Å². The van der Waals surface area contributed by atoms with Crippen LogP contribution in [0.5, 0.6) is 0 Å².